The van der Waals surface area contributed by atoms with E-state index in [1.807, 2.05) is 12.1 Å². The number of benzene rings is 1. The number of fused-ring (bicyclic) bond motifs is 1. The van der Waals surface area contributed by atoms with Gasteiger partial charge in [-0.15, -0.1) is 0 Å². The van der Waals surface area contributed by atoms with Gasteiger partial charge in [-0.05, 0) is 63.2 Å². The first-order valence-corrected chi connectivity index (χ1v) is 14.2. The summed E-state index contributed by atoms with van der Waals surface area (Å²) < 4.78 is 32.9. The van der Waals surface area contributed by atoms with Crippen LogP contribution in [0.1, 0.15) is 31.3 Å². The summed E-state index contributed by atoms with van der Waals surface area (Å²) in [7, 11) is 0. The fourth-order valence-electron chi connectivity index (χ4n) is 3.71. The number of hydrogen-bond donors (Lipinski definition) is 2. The monoisotopic (exact) mass is 607 g/mol. The summed E-state index contributed by atoms with van der Waals surface area (Å²) in [5.74, 6) is 0.613. The largest absolute Gasteiger partial charge is 0.490 e. The molecule has 3 aromatic heterocycles. The van der Waals surface area contributed by atoms with Crippen LogP contribution in [0, 0.1) is 0 Å². The summed E-state index contributed by atoms with van der Waals surface area (Å²) in [6.45, 7) is 8.48. The standard InChI is InChI=1S/C31H37N5O8/c1-31(2,3)44-30(38)33-11-12-39-13-14-40-15-16-41-17-18-42-24-7-8-25(34-21-24)28(37)35-23-6-9-27-26(19-23)36-29(43-27)22-5-4-10-32-20-22/h4-10,19-21H,11-18H2,1-3H3,(H,33,38)(H,35,37). The second kappa shape index (κ2) is 16.3. The SMILES string of the molecule is CC(C)(C)OC(=O)NCCOCCOCCOCCOc1ccc(C(=O)Nc2ccc3oc(-c4cccnc4)nc3c2)nc1. The lowest BCUT2D eigenvalue weighted by Crippen LogP contribution is -2.34. The topological polar surface area (TPSA) is 156 Å². The van der Waals surface area contributed by atoms with Crippen molar-refractivity contribution in [2.45, 2.75) is 26.4 Å². The predicted octanol–water partition coefficient (Wildman–Crippen LogP) is 4.49. The van der Waals surface area contributed by atoms with Crippen LogP contribution in [0.15, 0.2) is 65.5 Å². The normalized spacial score (nSPS) is 11.3. The van der Waals surface area contributed by atoms with Crippen LogP contribution in [0.25, 0.3) is 22.6 Å². The van der Waals surface area contributed by atoms with Crippen molar-refractivity contribution in [2.75, 3.05) is 58.1 Å². The van der Waals surface area contributed by atoms with Gasteiger partial charge in [0.15, 0.2) is 5.58 Å². The Bertz CT molecular complexity index is 1470. The molecule has 0 aliphatic heterocycles. The average Bonchev–Trinajstić information content (AvgIpc) is 3.43. The molecule has 0 spiro atoms. The lowest BCUT2D eigenvalue weighted by atomic mass is 10.2. The predicted molar refractivity (Wildman–Crippen MR) is 162 cm³/mol. The number of anilines is 1. The number of pyridine rings is 2. The summed E-state index contributed by atoms with van der Waals surface area (Å²) >= 11 is 0. The Kier molecular flexibility index (Phi) is 12.0. The molecule has 234 valence electrons. The summed E-state index contributed by atoms with van der Waals surface area (Å²) in [6.07, 6.45) is 4.38. The molecule has 0 saturated heterocycles. The van der Waals surface area contributed by atoms with E-state index in [-0.39, 0.29) is 11.6 Å². The van der Waals surface area contributed by atoms with Gasteiger partial charge in [0, 0.05) is 24.6 Å². The van der Waals surface area contributed by atoms with Crippen LogP contribution in [0.2, 0.25) is 0 Å². The van der Waals surface area contributed by atoms with Crippen molar-refractivity contribution in [2.24, 2.45) is 0 Å². The van der Waals surface area contributed by atoms with Crippen molar-refractivity contribution >= 4 is 28.8 Å². The summed E-state index contributed by atoms with van der Waals surface area (Å²) in [4.78, 5) is 37.0. The van der Waals surface area contributed by atoms with Crippen molar-refractivity contribution in [3.63, 3.8) is 0 Å². The quantitative estimate of drug-likeness (QED) is 0.173. The van der Waals surface area contributed by atoms with Crippen molar-refractivity contribution in [1.82, 2.24) is 20.3 Å². The van der Waals surface area contributed by atoms with E-state index in [9.17, 15) is 9.59 Å². The molecule has 4 rings (SSSR count). The van der Waals surface area contributed by atoms with Crippen LogP contribution in [-0.2, 0) is 18.9 Å². The molecule has 0 atom stereocenters. The van der Waals surface area contributed by atoms with Crippen molar-refractivity contribution < 1.29 is 37.7 Å². The first kappa shape index (κ1) is 32.3. The molecule has 4 aromatic rings. The molecule has 0 aliphatic carbocycles. The van der Waals surface area contributed by atoms with Gasteiger partial charge in [0.2, 0.25) is 5.89 Å². The Morgan fingerprint density at radius 3 is 2.32 bits per heavy atom. The molecular formula is C31H37N5O8. The molecule has 1 aromatic carbocycles. The zero-order valence-corrected chi connectivity index (χ0v) is 25.0. The first-order chi connectivity index (χ1) is 21.3. The van der Waals surface area contributed by atoms with Crippen LogP contribution in [0.3, 0.4) is 0 Å². The highest BCUT2D eigenvalue weighted by Gasteiger charge is 2.15. The number of rotatable bonds is 16. The van der Waals surface area contributed by atoms with Gasteiger partial charge in [-0.1, -0.05) is 0 Å². The molecule has 3 heterocycles. The molecule has 0 bridgehead atoms. The summed E-state index contributed by atoms with van der Waals surface area (Å²) in [6, 6.07) is 12.2. The number of amides is 2. The van der Waals surface area contributed by atoms with Gasteiger partial charge < -0.3 is 38.7 Å². The molecule has 0 fully saturated rings. The van der Waals surface area contributed by atoms with Gasteiger partial charge in [-0.2, -0.15) is 0 Å². The molecule has 44 heavy (non-hydrogen) atoms. The van der Waals surface area contributed by atoms with Crippen LogP contribution < -0.4 is 15.4 Å². The minimum absolute atomic E-state index is 0.241. The number of ether oxygens (including phenoxy) is 5. The Morgan fingerprint density at radius 2 is 1.64 bits per heavy atom. The average molecular weight is 608 g/mol. The Hall–Kier alpha value is -4.59. The second-order valence-electron chi connectivity index (χ2n) is 10.4. The zero-order valence-electron chi connectivity index (χ0n) is 25.0. The lowest BCUT2D eigenvalue weighted by molar-refractivity contribution is 0.00902. The van der Waals surface area contributed by atoms with Gasteiger partial charge in [-0.3, -0.25) is 9.78 Å². The maximum absolute atomic E-state index is 12.7. The highest BCUT2D eigenvalue weighted by molar-refractivity contribution is 6.03. The molecule has 13 heteroatoms. The van der Waals surface area contributed by atoms with E-state index in [1.54, 1.807) is 63.5 Å². The van der Waals surface area contributed by atoms with Gasteiger partial charge >= 0.3 is 6.09 Å². The summed E-state index contributed by atoms with van der Waals surface area (Å²) in [5.41, 5.74) is 2.26. The van der Waals surface area contributed by atoms with E-state index >= 15 is 0 Å². The smallest absolute Gasteiger partial charge is 0.407 e. The minimum Gasteiger partial charge on any atom is -0.490 e. The van der Waals surface area contributed by atoms with Crippen LogP contribution in [0.5, 0.6) is 5.75 Å². The second-order valence-corrected chi connectivity index (χ2v) is 10.4. The maximum Gasteiger partial charge on any atom is 0.407 e. The lowest BCUT2D eigenvalue weighted by Gasteiger charge is -2.19. The Morgan fingerprint density at radius 1 is 0.886 bits per heavy atom. The van der Waals surface area contributed by atoms with Crippen LogP contribution in [-0.4, -0.2) is 85.3 Å². The number of hydrogen-bond acceptors (Lipinski definition) is 11. The fraction of sp³-hybridized carbons (Fsp3) is 0.387. The third kappa shape index (κ3) is 10.9. The number of carbonyl (C=O) groups is 2. The van der Waals surface area contributed by atoms with E-state index in [1.165, 1.54) is 6.20 Å². The van der Waals surface area contributed by atoms with Crippen LogP contribution in [0.4, 0.5) is 10.5 Å². The number of nitrogens with zero attached hydrogens (tertiary/aromatic N) is 3. The van der Waals surface area contributed by atoms with Gasteiger partial charge in [0.05, 0.1) is 51.4 Å². The fourth-order valence-corrected chi connectivity index (χ4v) is 3.71. The summed E-state index contributed by atoms with van der Waals surface area (Å²) in [5, 5.41) is 5.45. The van der Waals surface area contributed by atoms with Gasteiger partial charge in [0.1, 0.15) is 29.2 Å². The Labute approximate surface area is 255 Å². The highest BCUT2D eigenvalue weighted by atomic mass is 16.6. The number of oxazole rings is 1. The van der Waals surface area contributed by atoms with E-state index in [2.05, 4.69) is 25.6 Å². The number of carbonyl (C=O) groups excluding carboxylic acids is 2. The highest BCUT2D eigenvalue weighted by Crippen LogP contribution is 2.26. The maximum atomic E-state index is 12.7. The number of nitrogens with one attached hydrogen (secondary N) is 2. The number of alkyl carbamates (subject to hydrolysis) is 1. The minimum atomic E-state index is -0.527. The molecule has 0 unspecified atom stereocenters. The van der Waals surface area contributed by atoms with Crippen molar-refractivity contribution in [3.8, 4) is 17.2 Å². The van der Waals surface area contributed by atoms with Crippen LogP contribution >= 0.6 is 0 Å². The molecule has 13 nitrogen and oxygen atoms in total. The molecule has 2 N–H and O–H groups in total. The van der Waals surface area contributed by atoms with Crippen molar-refractivity contribution in [3.05, 3.63) is 66.7 Å². The zero-order chi connectivity index (χ0) is 31.2. The van der Waals surface area contributed by atoms with E-state index < -0.39 is 11.7 Å². The third-order valence-corrected chi connectivity index (χ3v) is 5.68. The number of aromatic nitrogens is 3. The van der Waals surface area contributed by atoms with E-state index in [0.717, 1.165) is 5.56 Å². The molecule has 0 radical (unpaired) electrons. The Balaban J connectivity index is 1.05. The molecule has 2 amide bonds. The molecule has 0 aliphatic rings. The third-order valence-electron chi connectivity index (χ3n) is 5.68. The molecule has 0 saturated carbocycles. The molecular weight excluding hydrogens is 570 g/mol. The van der Waals surface area contributed by atoms with Crippen molar-refractivity contribution in [1.29, 1.82) is 0 Å². The van der Waals surface area contributed by atoms with E-state index in [4.69, 9.17) is 28.1 Å². The van der Waals surface area contributed by atoms with Gasteiger partial charge in [0.25, 0.3) is 5.91 Å². The van der Waals surface area contributed by atoms with E-state index in [0.29, 0.717) is 81.2 Å². The van der Waals surface area contributed by atoms with Gasteiger partial charge in [-0.25, -0.2) is 14.8 Å². The first-order valence-electron chi connectivity index (χ1n) is 14.2.